The third-order valence-electron chi connectivity index (χ3n) is 3.58. The second-order valence-electron chi connectivity index (χ2n) is 5.23. The van der Waals surface area contributed by atoms with Gasteiger partial charge in [-0.05, 0) is 36.2 Å². The van der Waals surface area contributed by atoms with Crippen LogP contribution in [0.2, 0.25) is 0 Å². The number of benzene rings is 2. The fraction of sp³-hybridized carbons (Fsp3) is 0.222. The molecule has 0 aliphatic carbocycles. The minimum atomic E-state index is -0.795. The maximum atomic E-state index is 12.3. The van der Waals surface area contributed by atoms with Crippen LogP contribution in [-0.4, -0.2) is 30.1 Å². The van der Waals surface area contributed by atoms with E-state index in [2.05, 4.69) is 5.32 Å². The Bertz CT molecular complexity index is 712. The Kier molecular flexibility index (Phi) is 5.36. The van der Waals surface area contributed by atoms with Crippen molar-refractivity contribution >= 4 is 11.9 Å². The van der Waals surface area contributed by atoms with Gasteiger partial charge in [0.2, 0.25) is 0 Å². The Balaban J connectivity index is 2.17. The number of carbonyl (C=O) groups is 2. The number of carbonyl (C=O) groups excluding carboxylic acids is 2. The standard InChI is InChI=1S/C18H19NO4/c1-12-6-3-4-7-13(12)11-16(18(22)23-2)19-17(21)14-8-5-9-15(20)10-14/h3-10,16,20H,11H2,1-2H3,(H,19,21)/t16-/m0/s1. The zero-order chi connectivity index (χ0) is 16.8. The summed E-state index contributed by atoms with van der Waals surface area (Å²) < 4.78 is 4.78. The maximum absolute atomic E-state index is 12.3. The monoisotopic (exact) mass is 313 g/mol. The van der Waals surface area contributed by atoms with Gasteiger partial charge in [0, 0.05) is 12.0 Å². The van der Waals surface area contributed by atoms with Crippen LogP contribution in [0.25, 0.3) is 0 Å². The van der Waals surface area contributed by atoms with Gasteiger partial charge in [-0.1, -0.05) is 30.3 Å². The highest BCUT2D eigenvalue weighted by Gasteiger charge is 2.23. The summed E-state index contributed by atoms with van der Waals surface area (Å²) in [5, 5.41) is 12.1. The van der Waals surface area contributed by atoms with Gasteiger partial charge in [0.1, 0.15) is 11.8 Å². The van der Waals surface area contributed by atoms with Gasteiger partial charge in [-0.15, -0.1) is 0 Å². The van der Waals surface area contributed by atoms with Gasteiger partial charge in [0.15, 0.2) is 0 Å². The molecule has 1 atom stereocenters. The first-order valence-corrected chi connectivity index (χ1v) is 7.23. The molecule has 23 heavy (non-hydrogen) atoms. The van der Waals surface area contributed by atoms with Crippen LogP contribution in [0.3, 0.4) is 0 Å². The topological polar surface area (TPSA) is 75.6 Å². The fourth-order valence-electron chi connectivity index (χ4n) is 2.28. The molecule has 0 bridgehead atoms. The minimum absolute atomic E-state index is 0.00817. The van der Waals surface area contributed by atoms with Crippen LogP contribution in [0, 0.1) is 6.92 Å². The van der Waals surface area contributed by atoms with Crippen molar-refractivity contribution in [1.82, 2.24) is 5.32 Å². The number of hydrogen-bond donors (Lipinski definition) is 2. The van der Waals surface area contributed by atoms with Crippen molar-refractivity contribution in [1.29, 1.82) is 0 Å². The van der Waals surface area contributed by atoms with Crippen molar-refractivity contribution in [3.05, 3.63) is 65.2 Å². The number of rotatable bonds is 5. The van der Waals surface area contributed by atoms with E-state index in [0.29, 0.717) is 6.42 Å². The van der Waals surface area contributed by atoms with Crippen molar-refractivity contribution in [2.75, 3.05) is 7.11 Å². The Labute approximate surface area is 134 Å². The molecule has 0 saturated carbocycles. The third kappa shape index (κ3) is 4.32. The molecular weight excluding hydrogens is 294 g/mol. The number of methoxy groups -OCH3 is 1. The van der Waals surface area contributed by atoms with E-state index in [1.54, 1.807) is 12.1 Å². The largest absolute Gasteiger partial charge is 0.508 e. The summed E-state index contributed by atoms with van der Waals surface area (Å²) in [4.78, 5) is 24.2. The molecular formula is C18H19NO4. The van der Waals surface area contributed by atoms with E-state index in [-0.39, 0.29) is 11.3 Å². The highest BCUT2D eigenvalue weighted by molar-refractivity contribution is 5.97. The quantitative estimate of drug-likeness (QED) is 0.830. The molecule has 0 fully saturated rings. The number of phenols is 1. The SMILES string of the molecule is COC(=O)[C@H](Cc1ccccc1C)NC(=O)c1cccc(O)c1. The number of phenolic OH excluding ortho intramolecular Hbond substituents is 1. The molecule has 0 unspecified atom stereocenters. The van der Waals surface area contributed by atoms with Gasteiger partial charge in [-0.3, -0.25) is 4.79 Å². The first kappa shape index (κ1) is 16.5. The Morgan fingerprint density at radius 1 is 1.17 bits per heavy atom. The van der Waals surface area contributed by atoms with Gasteiger partial charge in [0.25, 0.3) is 5.91 Å². The molecule has 5 heteroatoms. The van der Waals surface area contributed by atoms with E-state index in [0.717, 1.165) is 11.1 Å². The molecule has 0 aromatic heterocycles. The van der Waals surface area contributed by atoms with E-state index in [4.69, 9.17) is 4.74 Å². The van der Waals surface area contributed by atoms with Crippen molar-refractivity contribution < 1.29 is 19.4 Å². The van der Waals surface area contributed by atoms with Crippen LogP contribution in [0.15, 0.2) is 48.5 Å². The Morgan fingerprint density at radius 2 is 1.91 bits per heavy atom. The van der Waals surface area contributed by atoms with Crippen LogP contribution < -0.4 is 5.32 Å². The second kappa shape index (κ2) is 7.45. The summed E-state index contributed by atoms with van der Waals surface area (Å²) in [5.74, 6) is -0.960. The summed E-state index contributed by atoms with van der Waals surface area (Å²) in [6.45, 7) is 1.95. The average molecular weight is 313 g/mol. The zero-order valence-electron chi connectivity index (χ0n) is 13.1. The fourth-order valence-corrected chi connectivity index (χ4v) is 2.28. The molecule has 0 heterocycles. The molecule has 0 aliphatic rings. The number of esters is 1. The molecule has 0 spiro atoms. The van der Waals surface area contributed by atoms with Crippen molar-refractivity contribution in [3.63, 3.8) is 0 Å². The number of nitrogens with one attached hydrogen (secondary N) is 1. The van der Waals surface area contributed by atoms with E-state index < -0.39 is 17.9 Å². The summed E-state index contributed by atoms with van der Waals surface area (Å²) >= 11 is 0. The van der Waals surface area contributed by atoms with E-state index >= 15 is 0 Å². The third-order valence-corrected chi connectivity index (χ3v) is 3.58. The lowest BCUT2D eigenvalue weighted by Crippen LogP contribution is -2.43. The summed E-state index contributed by atoms with van der Waals surface area (Å²) in [7, 11) is 1.29. The lowest BCUT2D eigenvalue weighted by Gasteiger charge is -2.17. The minimum Gasteiger partial charge on any atom is -0.508 e. The zero-order valence-corrected chi connectivity index (χ0v) is 13.1. The molecule has 120 valence electrons. The molecule has 5 nitrogen and oxygen atoms in total. The average Bonchev–Trinajstić information content (AvgIpc) is 2.55. The summed E-state index contributed by atoms with van der Waals surface area (Å²) in [6.07, 6.45) is 0.337. The molecule has 0 saturated heterocycles. The van der Waals surface area contributed by atoms with Crippen LogP contribution >= 0.6 is 0 Å². The number of hydrogen-bond acceptors (Lipinski definition) is 4. The lowest BCUT2D eigenvalue weighted by atomic mass is 10.0. The molecule has 2 aromatic rings. The van der Waals surface area contributed by atoms with Gasteiger partial charge in [-0.2, -0.15) is 0 Å². The first-order chi connectivity index (χ1) is 11.0. The Hall–Kier alpha value is -2.82. The van der Waals surface area contributed by atoms with Crippen molar-refractivity contribution in [2.45, 2.75) is 19.4 Å². The van der Waals surface area contributed by atoms with E-state index in [9.17, 15) is 14.7 Å². The van der Waals surface area contributed by atoms with E-state index in [1.165, 1.54) is 19.2 Å². The first-order valence-electron chi connectivity index (χ1n) is 7.23. The van der Waals surface area contributed by atoms with Crippen molar-refractivity contribution in [3.8, 4) is 5.75 Å². The number of aromatic hydroxyl groups is 1. The molecule has 2 N–H and O–H groups in total. The van der Waals surface area contributed by atoms with Gasteiger partial charge >= 0.3 is 5.97 Å². The molecule has 1 amide bonds. The summed E-state index contributed by atoms with van der Waals surface area (Å²) in [5.41, 5.74) is 2.27. The highest BCUT2D eigenvalue weighted by atomic mass is 16.5. The van der Waals surface area contributed by atoms with Crippen LogP contribution in [0.4, 0.5) is 0 Å². The van der Waals surface area contributed by atoms with Crippen LogP contribution in [-0.2, 0) is 16.0 Å². The summed E-state index contributed by atoms with van der Waals surface area (Å²) in [6, 6.07) is 12.8. The smallest absolute Gasteiger partial charge is 0.328 e. The second-order valence-corrected chi connectivity index (χ2v) is 5.23. The normalized spacial score (nSPS) is 11.6. The van der Waals surface area contributed by atoms with E-state index in [1.807, 2.05) is 31.2 Å². The molecule has 2 aromatic carbocycles. The van der Waals surface area contributed by atoms with Crippen LogP contribution in [0.1, 0.15) is 21.5 Å². The lowest BCUT2D eigenvalue weighted by molar-refractivity contribution is -0.142. The maximum Gasteiger partial charge on any atom is 0.328 e. The predicted octanol–water partition coefficient (Wildman–Crippen LogP) is 2.21. The highest BCUT2D eigenvalue weighted by Crippen LogP contribution is 2.13. The van der Waals surface area contributed by atoms with Gasteiger partial charge in [-0.25, -0.2) is 4.79 Å². The molecule has 0 radical (unpaired) electrons. The van der Waals surface area contributed by atoms with Crippen molar-refractivity contribution in [2.24, 2.45) is 0 Å². The number of ether oxygens (including phenoxy) is 1. The molecule has 0 aliphatic heterocycles. The number of aryl methyl sites for hydroxylation is 1. The molecule has 2 rings (SSSR count). The predicted molar refractivity (Wildman–Crippen MR) is 86.3 cm³/mol. The Morgan fingerprint density at radius 3 is 2.57 bits per heavy atom. The van der Waals surface area contributed by atoms with Gasteiger partial charge < -0.3 is 15.2 Å². The number of amides is 1. The van der Waals surface area contributed by atoms with Crippen LogP contribution in [0.5, 0.6) is 5.75 Å². The van der Waals surface area contributed by atoms with Gasteiger partial charge in [0.05, 0.1) is 7.11 Å².